The summed E-state index contributed by atoms with van der Waals surface area (Å²) in [6.45, 7) is 1.70. The van der Waals surface area contributed by atoms with E-state index in [2.05, 4.69) is 15.2 Å². The number of halogens is 3. The van der Waals surface area contributed by atoms with Crippen molar-refractivity contribution in [3.05, 3.63) is 60.1 Å². The molecule has 1 saturated heterocycles. The third kappa shape index (κ3) is 4.05. The van der Waals surface area contributed by atoms with E-state index >= 15 is 0 Å². The maximum atomic E-state index is 12.7. The normalized spacial score (nSPS) is 14.9. The van der Waals surface area contributed by atoms with Crippen LogP contribution in [0.4, 0.5) is 19.0 Å². The number of carbonyl (C=O) groups is 1. The maximum absolute atomic E-state index is 12.7. The van der Waals surface area contributed by atoms with E-state index in [-0.39, 0.29) is 17.7 Å². The largest absolute Gasteiger partial charge is 0.419 e. The van der Waals surface area contributed by atoms with Gasteiger partial charge in [-0.15, -0.1) is 10.2 Å². The number of pyridine rings is 1. The second-order valence-electron chi connectivity index (χ2n) is 6.52. The summed E-state index contributed by atoms with van der Waals surface area (Å²) in [6, 6.07) is 11.6. The fourth-order valence-corrected chi connectivity index (χ4v) is 3.08. The van der Waals surface area contributed by atoms with Gasteiger partial charge in [-0.3, -0.25) is 9.69 Å². The third-order valence-corrected chi connectivity index (χ3v) is 4.66. The Morgan fingerprint density at radius 3 is 2.34 bits per heavy atom. The van der Waals surface area contributed by atoms with Crippen LogP contribution in [0.2, 0.25) is 0 Å². The summed E-state index contributed by atoms with van der Waals surface area (Å²) in [5.74, 6) is 0.385. The van der Waals surface area contributed by atoms with Crippen LogP contribution in [0.3, 0.4) is 0 Å². The lowest BCUT2D eigenvalue weighted by Crippen LogP contribution is -2.50. The molecular formula is C19H17F3N5O2+. The SMILES string of the molecule is O=C(c1nnc(-c2ccccc2)o1)N1CCN(c2ccc(C(F)(F)F)c[nH+]2)CC1. The smallest absolute Gasteiger partial charge is 0.412 e. The van der Waals surface area contributed by atoms with E-state index in [9.17, 15) is 18.0 Å². The first-order chi connectivity index (χ1) is 13.9. The predicted molar refractivity (Wildman–Crippen MR) is 95.9 cm³/mol. The Morgan fingerprint density at radius 2 is 1.72 bits per heavy atom. The molecule has 150 valence electrons. The molecule has 2 aromatic heterocycles. The van der Waals surface area contributed by atoms with Crippen molar-refractivity contribution in [3.63, 3.8) is 0 Å². The van der Waals surface area contributed by atoms with Crippen molar-refractivity contribution >= 4 is 11.7 Å². The number of rotatable bonds is 3. The lowest BCUT2D eigenvalue weighted by atomic mass is 10.2. The number of amides is 1. The average molecular weight is 404 g/mol. The van der Waals surface area contributed by atoms with Crippen LogP contribution in [-0.2, 0) is 6.18 Å². The summed E-state index contributed by atoms with van der Waals surface area (Å²) in [4.78, 5) is 18.8. The van der Waals surface area contributed by atoms with Crippen LogP contribution in [0.1, 0.15) is 16.2 Å². The van der Waals surface area contributed by atoms with Gasteiger partial charge >= 0.3 is 18.0 Å². The van der Waals surface area contributed by atoms with E-state index < -0.39 is 11.7 Å². The second kappa shape index (κ2) is 7.53. The van der Waals surface area contributed by atoms with Gasteiger partial charge in [0.15, 0.2) is 0 Å². The Kier molecular flexibility index (Phi) is 4.91. The summed E-state index contributed by atoms with van der Waals surface area (Å²) < 4.78 is 43.5. The van der Waals surface area contributed by atoms with Gasteiger partial charge < -0.3 is 9.32 Å². The highest BCUT2D eigenvalue weighted by atomic mass is 19.4. The van der Waals surface area contributed by atoms with Crippen molar-refractivity contribution in [3.8, 4) is 11.5 Å². The van der Waals surface area contributed by atoms with Crippen LogP contribution >= 0.6 is 0 Å². The van der Waals surface area contributed by atoms with Crippen LogP contribution in [0.15, 0.2) is 53.1 Å². The standard InChI is InChI=1S/C19H16F3N5O2/c20-19(21,22)14-6-7-15(23-12-14)26-8-10-27(11-9-26)18(28)17-25-24-16(29-17)13-4-2-1-3-5-13/h1-7,12H,8-11H2/p+1. The highest BCUT2D eigenvalue weighted by Crippen LogP contribution is 2.28. The summed E-state index contributed by atoms with van der Waals surface area (Å²) in [6.07, 6.45) is -3.45. The van der Waals surface area contributed by atoms with Crippen LogP contribution in [0.25, 0.3) is 11.5 Å². The van der Waals surface area contributed by atoms with Crippen molar-refractivity contribution in [2.75, 3.05) is 31.1 Å². The molecule has 1 aromatic carbocycles. The molecule has 1 fully saturated rings. The lowest BCUT2D eigenvalue weighted by Gasteiger charge is -2.30. The number of benzene rings is 1. The first-order valence-corrected chi connectivity index (χ1v) is 8.94. The zero-order valence-electron chi connectivity index (χ0n) is 15.2. The molecule has 0 spiro atoms. The van der Waals surface area contributed by atoms with Gasteiger partial charge in [0, 0.05) is 11.6 Å². The number of alkyl halides is 3. The number of aromatic nitrogens is 3. The minimum atomic E-state index is -4.39. The summed E-state index contributed by atoms with van der Waals surface area (Å²) in [5, 5.41) is 7.76. The van der Waals surface area contributed by atoms with Crippen LogP contribution in [0, 0.1) is 0 Å². The molecule has 1 amide bonds. The van der Waals surface area contributed by atoms with Gasteiger partial charge in [-0.25, -0.2) is 4.98 Å². The molecule has 0 bridgehead atoms. The predicted octanol–water partition coefficient (Wildman–Crippen LogP) is 2.53. The number of carbonyl (C=O) groups excluding carboxylic acids is 1. The summed E-state index contributed by atoms with van der Waals surface area (Å²) >= 11 is 0. The Balaban J connectivity index is 1.38. The monoisotopic (exact) mass is 404 g/mol. The second-order valence-corrected chi connectivity index (χ2v) is 6.52. The van der Waals surface area contributed by atoms with E-state index in [0.29, 0.717) is 32.0 Å². The summed E-state index contributed by atoms with van der Waals surface area (Å²) in [5.41, 5.74) is -0.0117. The maximum Gasteiger partial charge on any atom is 0.419 e. The van der Waals surface area contributed by atoms with Crippen molar-refractivity contribution in [2.45, 2.75) is 6.18 Å². The van der Waals surface area contributed by atoms with Crippen molar-refractivity contribution in [1.29, 1.82) is 0 Å². The molecule has 0 radical (unpaired) electrons. The van der Waals surface area contributed by atoms with Gasteiger partial charge in [0.2, 0.25) is 5.89 Å². The van der Waals surface area contributed by atoms with E-state index in [0.717, 1.165) is 17.8 Å². The zero-order chi connectivity index (χ0) is 20.4. The molecule has 1 N–H and O–H groups in total. The van der Waals surface area contributed by atoms with Crippen LogP contribution in [-0.4, -0.2) is 47.2 Å². The molecule has 10 heteroatoms. The van der Waals surface area contributed by atoms with Crippen LogP contribution in [0.5, 0.6) is 0 Å². The molecule has 3 aromatic rings. The third-order valence-electron chi connectivity index (χ3n) is 4.66. The van der Waals surface area contributed by atoms with Crippen molar-refractivity contribution < 1.29 is 27.4 Å². The zero-order valence-corrected chi connectivity index (χ0v) is 15.2. The van der Waals surface area contributed by atoms with Gasteiger partial charge in [-0.1, -0.05) is 18.2 Å². The number of hydrogen-bond acceptors (Lipinski definition) is 5. The van der Waals surface area contributed by atoms with Gasteiger partial charge in [-0.2, -0.15) is 13.2 Å². The molecule has 0 unspecified atom stereocenters. The van der Waals surface area contributed by atoms with Gasteiger partial charge in [0.25, 0.3) is 5.82 Å². The quantitative estimate of drug-likeness (QED) is 0.671. The van der Waals surface area contributed by atoms with Crippen molar-refractivity contribution in [2.24, 2.45) is 0 Å². The van der Waals surface area contributed by atoms with E-state index in [1.54, 1.807) is 17.0 Å². The van der Waals surface area contributed by atoms with Gasteiger partial charge in [0.05, 0.1) is 18.7 Å². The Labute approximate surface area is 163 Å². The first kappa shape index (κ1) is 18.9. The molecule has 1 aliphatic heterocycles. The molecule has 0 aliphatic carbocycles. The fraction of sp³-hybridized carbons (Fsp3) is 0.263. The Morgan fingerprint density at radius 1 is 1.00 bits per heavy atom. The molecule has 0 atom stereocenters. The minimum Gasteiger partial charge on any atom is -0.412 e. The summed E-state index contributed by atoms with van der Waals surface area (Å²) in [7, 11) is 0. The van der Waals surface area contributed by atoms with E-state index in [4.69, 9.17) is 4.42 Å². The van der Waals surface area contributed by atoms with Crippen molar-refractivity contribution in [1.82, 2.24) is 15.1 Å². The molecule has 1 aliphatic rings. The molecule has 4 rings (SSSR count). The lowest BCUT2D eigenvalue weighted by molar-refractivity contribution is -0.367. The number of piperazine rings is 1. The Hall–Kier alpha value is -3.43. The van der Waals surface area contributed by atoms with E-state index in [1.165, 1.54) is 6.07 Å². The van der Waals surface area contributed by atoms with Gasteiger partial charge in [0.1, 0.15) is 19.3 Å². The number of anilines is 1. The molecule has 3 heterocycles. The van der Waals surface area contributed by atoms with Gasteiger partial charge in [-0.05, 0) is 18.2 Å². The van der Waals surface area contributed by atoms with Crippen LogP contribution < -0.4 is 9.88 Å². The Bertz CT molecular complexity index is 981. The first-order valence-electron chi connectivity index (χ1n) is 8.94. The van der Waals surface area contributed by atoms with E-state index in [1.807, 2.05) is 23.1 Å². The highest BCUT2D eigenvalue weighted by molar-refractivity contribution is 5.90. The number of H-pyrrole nitrogens is 1. The fourth-order valence-electron chi connectivity index (χ4n) is 3.08. The average Bonchev–Trinajstić information content (AvgIpc) is 3.24. The topological polar surface area (TPSA) is 76.6 Å². The molecule has 0 saturated carbocycles. The molecule has 29 heavy (non-hydrogen) atoms. The number of nitrogens with zero attached hydrogens (tertiary/aromatic N) is 4. The molecular weight excluding hydrogens is 387 g/mol. The highest BCUT2D eigenvalue weighted by Gasteiger charge is 2.33. The number of aromatic amines is 1. The molecule has 7 nitrogen and oxygen atoms in total. The minimum absolute atomic E-state index is 0.0848. The number of nitrogens with one attached hydrogen (secondary N) is 1. The number of hydrogen-bond donors (Lipinski definition) is 0.